The summed E-state index contributed by atoms with van der Waals surface area (Å²) in [6.45, 7) is 6.87. The lowest BCUT2D eigenvalue weighted by Gasteiger charge is -2.10. The minimum absolute atomic E-state index is 0.0479. The molecule has 13 heavy (non-hydrogen) atoms. The van der Waals surface area contributed by atoms with Crippen LogP contribution < -0.4 is 0 Å². The third kappa shape index (κ3) is 2.32. The molecule has 1 aromatic heterocycles. The number of nitrogens with zero attached hydrogens (tertiary/aromatic N) is 3. The van der Waals surface area contributed by atoms with Crippen molar-refractivity contribution in [3.63, 3.8) is 0 Å². The van der Waals surface area contributed by atoms with Gasteiger partial charge in [0.25, 0.3) is 0 Å². The van der Waals surface area contributed by atoms with Crippen LogP contribution >= 0.6 is 0 Å². The van der Waals surface area contributed by atoms with Crippen molar-refractivity contribution in [1.82, 2.24) is 9.55 Å². The summed E-state index contributed by atoms with van der Waals surface area (Å²) in [4.78, 5) is 4.26. The Hall–Kier alpha value is -1.30. The highest BCUT2D eigenvalue weighted by Crippen LogP contribution is 2.13. The van der Waals surface area contributed by atoms with Crippen LogP contribution in [-0.4, -0.2) is 9.55 Å². The molecule has 1 aromatic rings. The monoisotopic (exact) mass is 177 g/mol. The molecule has 0 aliphatic heterocycles. The van der Waals surface area contributed by atoms with Gasteiger partial charge < -0.3 is 4.57 Å². The van der Waals surface area contributed by atoms with Crippen LogP contribution in [0.4, 0.5) is 0 Å². The molecule has 3 nitrogen and oxygen atoms in total. The Kier molecular flexibility index (Phi) is 3.07. The Morgan fingerprint density at radius 3 is 2.77 bits per heavy atom. The van der Waals surface area contributed by atoms with Crippen molar-refractivity contribution in [2.24, 2.45) is 5.92 Å². The van der Waals surface area contributed by atoms with Crippen LogP contribution in [0, 0.1) is 17.2 Å². The fourth-order valence-electron chi connectivity index (χ4n) is 1.31. The standard InChI is InChI=1S/C10H15N3/c1-8(2)10-12-4-5-13(10)7-9(3)6-11/h4-5,8-9H,7H2,1-3H3. The number of nitriles is 1. The second-order valence-corrected chi connectivity index (χ2v) is 3.62. The molecule has 0 saturated carbocycles. The van der Waals surface area contributed by atoms with E-state index < -0.39 is 0 Å². The van der Waals surface area contributed by atoms with Crippen molar-refractivity contribution in [1.29, 1.82) is 5.26 Å². The normalized spacial score (nSPS) is 12.8. The second kappa shape index (κ2) is 4.08. The van der Waals surface area contributed by atoms with Crippen molar-refractivity contribution in [3.8, 4) is 6.07 Å². The van der Waals surface area contributed by atoms with Gasteiger partial charge in [-0.3, -0.25) is 0 Å². The van der Waals surface area contributed by atoms with Crippen LogP contribution in [0.3, 0.4) is 0 Å². The maximum absolute atomic E-state index is 8.68. The summed E-state index contributed by atoms with van der Waals surface area (Å²) in [7, 11) is 0. The van der Waals surface area contributed by atoms with E-state index in [1.807, 2.05) is 13.1 Å². The fraction of sp³-hybridized carbons (Fsp3) is 0.600. The zero-order valence-electron chi connectivity index (χ0n) is 8.36. The van der Waals surface area contributed by atoms with Crippen LogP contribution in [-0.2, 0) is 6.54 Å². The van der Waals surface area contributed by atoms with E-state index in [4.69, 9.17) is 5.26 Å². The first-order valence-corrected chi connectivity index (χ1v) is 4.55. The van der Waals surface area contributed by atoms with Crippen LogP contribution in [0.2, 0.25) is 0 Å². The molecule has 1 atom stereocenters. The van der Waals surface area contributed by atoms with E-state index in [0.29, 0.717) is 5.92 Å². The SMILES string of the molecule is CC(C#N)Cn1ccnc1C(C)C. The molecule has 1 rings (SSSR count). The highest BCUT2D eigenvalue weighted by atomic mass is 15.1. The summed E-state index contributed by atoms with van der Waals surface area (Å²) in [5.41, 5.74) is 0. The molecule has 0 spiro atoms. The highest BCUT2D eigenvalue weighted by molar-refractivity contribution is 4.98. The van der Waals surface area contributed by atoms with Gasteiger partial charge in [0, 0.05) is 24.9 Å². The van der Waals surface area contributed by atoms with Gasteiger partial charge in [-0.2, -0.15) is 5.26 Å². The number of hydrogen-bond donors (Lipinski definition) is 0. The van der Waals surface area contributed by atoms with E-state index in [1.54, 1.807) is 6.20 Å². The van der Waals surface area contributed by atoms with Gasteiger partial charge in [0.05, 0.1) is 12.0 Å². The summed E-state index contributed by atoms with van der Waals surface area (Å²) < 4.78 is 2.05. The molecule has 0 aliphatic carbocycles. The van der Waals surface area contributed by atoms with Crippen molar-refractivity contribution in [3.05, 3.63) is 18.2 Å². The average molecular weight is 177 g/mol. The van der Waals surface area contributed by atoms with E-state index in [0.717, 1.165) is 12.4 Å². The lowest BCUT2D eigenvalue weighted by Crippen LogP contribution is -2.09. The predicted octanol–water partition coefficient (Wildman–Crippen LogP) is 2.17. The maximum atomic E-state index is 8.68. The molecular weight excluding hydrogens is 162 g/mol. The quantitative estimate of drug-likeness (QED) is 0.710. The van der Waals surface area contributed by atoms with Gasteiger partial charge in [0.1, 0.15) is 5.82 Å². The zero-order chi connectivity index (χ0) is 9.84. The molecule has 70 valence electrons. The lowest BCUT2D eigenvalue weighted by molar-refractivity contribution is 0.543. The predicted molar refractivity (Wildman–Crippen MR) is 51.1 cm³/mol. The lowest BCUT2D eigenvalue weighted by atomic mass is 10.2. The second-order valence-electron chi connectivity index (χ2n) is 3.62. The van der Waals surface area contributed by atoms with Crippen molar-refractivity contribution >= 4 is 0 Å². The molecule has 0 N–H and O–H groups in total. The number of imidazole rings is 1. The summed E-state index contributed by atoms with van der Waals surface area (Å²) in [6, 6.07) is 2.22. The van der Waals surface area contributed by atoms with Gasteiger partial charge in [-0.05, 0) is 6.92 Å². The smallest absolute Gasteiger partial charge is 0.111 e. The first-order chi connectivity index (χ1) is 6.15. The molecule has 0 radical (unpaired) electrons. The molecule has 0 saturated heterocycles. The van der Waals surface area contributed by atoms with Crippen molar-refractivity contribution in [2.45, 2.75) is 33.2 Å². The summed E-state index contributed by atoms with van der Waals surface area (Å²) >= 11 is 0. The van der Waals surface area contributed by atoms with E-state index in [2.05, 4.69) is 29.5 Å². The first-order valence-electron chi connectivity index (χ1n) is 4.55. The van der Waals surface area contributed by atoms with E-state index in [1.165, 1.54) is 0 Å². The zero-order valence-corrected chi connectivity index (χ0v) is 8.36. The molecule has 1 heterocycles. The number of aromatic nitrogens is 2. The maximum Gasteiger partial charge on any atom is 0.111 e. The van der Waals surface area contributed by atoms with Crippen LogP contribution in [0.25, 0.3) is 0 Å². The Morgan fingerprint density at radius 2 is 2.23 bits per heavy atom. The molecule has 0 fully saturated rings. The molecule has 0 amide bonds. The van der Waals surface area contributed by atoms with Gasteiger partial charge in [0.2, 0.25) is 0 Å². The van der Waals surface area contributed by atoms with Gasteiger partial charge in [-0.1, -0.05) is 13.8 Å². The van der Waals surface area contributed by atoms with Gasteiger partial charge in [-0.25, -0.2) is 4.98 Å². The van der Waals surface area contributed by atoms with E-state index in [9.17, 15) is 0 Å². The average Bonchev–Trinajstić information content (AvgIpc) is 2.52. The molecule has 0 aliphatic rings. The van der Waals surface area contributed by atoms with E-state index in [-0.39, 0.29) is 5.92 Å². The van der Waals surface area contributed by atoms with Crippen molar-refractivity contribution in [2.75, 3.05) is 0 Å². The first kappa shape index (κ1) is 9.79. The topological polar surface area (TPSA) is 41.6 Å². The Labute approximate surface area is 79.0 Å². The summed E-state index contributed by atoms with van der Waals surface area (Å²) in [6.07, 6.45) is 3.72. The van der Waals surface area contributed by atoms with E-state index >= 15 is 0 Å². The summed E-state index contributed by atoms with van der Waals surface area (Å²) in [5.74, 6) is 1.52. The molecule has 0 bridgehead atoms. The van der Waals surface area contributed by atoms with Crippen LogP contribution in [0.1, 0.15) is 32.5 Å². The Morgan fingerprint density at radius 1 is 1.54 bits per heavy atom. The number of hydrogen-bond acceptors (Lipinski definition) is 2. The van der Waals surface area contributed by atoms with Crippen LogP contribution in [0.15, 0.2) is 12.4 Å². The highest BCUT2D eigenvalue weighted by Gasteiger charge is 2.09. The van der Waals surface area contributed by atoms with Gasteiger partial charge in [0.15, 0.2) is 0 Å². The third-order valence-electron chi connectivity index (χ3n) is 1.96. The minimum atomic E-state index is 0.0479. The summed E-state index contributed by atoms with van der Waals surface area (Å²) in [5, 5.41) is 8.68. The van der Waals surface area contributed by atoms with Crippen LogP contribution in [0.5, 0.6) is 0 Å². The number of rotatable bonds is 3. The minimum Gasteiger partial charge on any atom is -0.333 e. The molecule has 3 heteroatoms. The fourth-order valence-corrected chi connectivity index (χ4v) is 1.31. The molecule has 0 aromatic carbocycles. The van der Waals surface area contributed by atoms with Gasteiger partial charge in [-0.15, -0.1) is 0 Å². The molecular formula is C10H15N3. The Bertz CT molecular complexity index is 306. The van der Waals surface area contributed by atoms with Gasteiger partial charge >= 0.3 is 0 Å². The third-order valence-corrected chi connectivity index (χ3v) is 1.96. The largest absolute Gasteiger partial charge is 0.333 e. The molecule has 1 unspecified atom stereocenters. The van der Waals surface area contributed by atoms with Crippen molar-refractivity contribution < 1.29 is 0 Å². The Balaban J connectivity index is 2.78.